The summed E-state index contributed by atoms with van der Waals surface area (Å²) in [6.45, 7) is 0.433. The van der Waals surface area contributed by atoms with Crippen LogP contribution in [0.15, 0.2) is 36.7 Å². The highest BCUT2D eigenvalue weighted by atomic mass is 32.2. The molecule has 3 aliphatic rings. The normalized spacial score (nSPS) is 23.7. The summed E-state index contributed by atoms with van der Waals surface area (Å²) in [4.78, 5) is 32.8. The number of aromatic nitrogens is 2. The first-order valence-corrected chi connectivity index (χ1v) is 12.0. The third kappa shape index (κ3) is 4.37. The summed E-state index contributed by atoms with van der Waals surface area (Å²) in [6, 6.07) is 6.99. The number of nitrogens with one attached hydrogen (secondary N) is 2. The van der Waals surface area contributed by atoms with Gasteiger partial charge in [-0.05, 0) is 49.3 Å². The van der Waals surface area contributed by atoms with Crippen molar-refractivity contribution in [1.29, 1.82) is 0 Å². The van der Waals surface area contributed by atoms with Gasteiger partial charge in [0.15, 0.2) is 5.75 Å². The van der Waals surface area contributed by atoms with Crippen LogP contribution in [0.25, 0.3) is 0 Å². The zero-order valence-electron chi connectivity index (χ0n) is 17.7. The number of nitrogens with zero attached hydrogens (tertiary/aromatic N) is 3. The summed E-state index contributed by atoms with van der Waals surface area (Å²) in [5.74, 6) is 2.38. The lowest BCUT2D eigenvalue weighted by atomic mass is 9.96. The van der Waals surface area contributed by atoms with Crippen molar-refractivity contribution in [3.8, 4) is 11.5 Å². The van der Waals surface area contributed by atoms with Crippen molar-refractivity contribution in [2.75, 3.05) is 12.8 Å². The maximum Gasteiger partial charge on any atom is 0.322 e. The molecule has 1 unspecified atom stereocenters. The number of hydrogen-bond donors (Lipinski definition) is 2. The zero-order valence-corrected chi connectivity index (χ0v) is 18.6. The SMILES string of the molecule is CN(Cc1ccc(Oc2cnc(C3CC3)nc2)cc1)S(=O)C[C@@]1(C2CC2)NC(=O)NC1=O. The molecule has 0 spiro atoms. The van der Waals surface area contributed by atoms with Crippen LogP contribution in [0.1, 0.15) is 43.0 Å². The van der Waals surface area contributed by atoms with Gasteiger partial charge in [0.2, 0.25) is 0 Å². The van der Waals surface area contributed by atoms with Crippen LogP contribution in [-0.4, -0.2) is 48.8 Å². The maximum atomic E-state index is 12.9. The molecule has 10 heteroatoms. The molecule has 168 valence electrons. The predicted molar refractivity (Wildman–Crippen MR) is 117 cm³/mol. The zero-order chi connectivity index (χ0) is 22.3. The van der Waals surface area contributed by atoms with E-state index in [1.807, 2.05) is 24.3 Å². The number of carbonyl (C=O) groups excluding carboxylic acids is 2. The summed E-state index contributed by atoms with van der Waals surface area (Å²) < 4.78 is 20.4. The lowest BCUT2D eigenvalue weighted by molar-refractivity contribution is -0.123. The Hall–Kier alpha value is -2.85. The Morgan fingerprint density at radius 3 is 2.34 bits per heavy atom. The number of ether oxygens (including phenoxy) is 1. The average Bonchev–Trinajstić information content (AvgIpc) is 3.68. The van der Waals surface area contributed by atoms with E-state index >= 15 is 0 Å². The van der Waals surface area contributed by atoms with Crippen LogP contribution in [-0.2, 0) is 22.3 Å². The molecule has 1 aromatic heterocycles. The van der Waals surface area contributed by atoms with Crippen LogP contribution in [0.3, 0.4) is 0 Å². The van der Waals surface area contributed by atoms with Gasteiger partial charge in [-0.3, -0.25) is 10.1 Å². The van der Waals surface area contributed by atoms with Crippen LogP contribution in [0.2, 0.25) is 0 Å². The first-order chi connectivity index (χ1) is 15.4. The Morgan fingerprint density at radius 2 is 1.78 bits per heavy atom. The minimum Gasteiger partial charge on any atom is -0.454 e. The number of imide groups is 1. The Bertz CT molecular complexity index is 1050. The van der Waals surface area contributed by atoms with Gasteiger partial charge in [-0.2, -0.15) is 0 Å². The van der Waals surface area contributed by atoms with Gasteiger partial charge in [-0.15, -0.1) is 0 Å². The molecule has 1 saturated heterocycles. The molecular formula is C22H25N5O4S. The van der Waals surface area contributed by atoms with E-state index in [0.717, 1.165) is 37.1 Å². The Kier molecular flexibility index (Phi) is 5.42. The lowest BCUT2D eigenvalue weighted by Gasteiger charge is -2.27. The van der Waals surface area contributed by atoms with Gasteiger partial charge in [0.25, 0.3) is 5.91 Å². The summed E-state index contributed by atoms with van der Waals surface area (Å²) in [7, 11) is 0.306. The molecule has 1 aliphatic heterocycles. The van der Waals surface area contributed by atoms with E-state index in [-0.39, 0.29) is 17.6 Å². The highest BCUT2D eigenvalue weighted by Gasteiger charge is 2.57. The standard InChI is InChI=1S/C22H25N5O4S/c1-27(32(30)13-22(16-6-7-16)20(28)25-21(29)26-22)12-14-2-8-17(9-3-14)31-18-10-23-19(24-11-18)15-4-5-15/h2-3,8-11,15-16H,4-7,12-13H2,1H3,(H2,25,26,28,29)/t22-,32?/m0/s1. The first kappa shape index (κ1) is 21.0. The second-order valence-corrected chi connectivity index (χ2v) is 10.3. The molecule has 3 fully saturated rings. The topological polar surface area (TPSA) is 114 Å². The van der Waals surface area contributed by atoms with Crippen molar-refractivity contribution in [1.82, 2.24) is 24.9 Å². The second kappa shape index (κ2) is 8.25. The highest BCUT2D eigenvalue weighted by molar-refractivity contribution is 7.82. The molecule has 32 heavy (non-hydrogen) atoms. The van der Waals surface area contributed by atoms with Crippen molar-refractivity contribution < 1.29 is 18.5 Å². The minimum atomic E-state index is -1.44. The van der Waals surface area contributed by atoms with E-state index in [1.165, 1.54) is 0 Å². The molecule has 2 N–H and O–H groups in total. The fourth-order valence-corrected chi connectivity index (χ4v) is 5.29. The number of carbonyl (C=O) groups is 2. The van der Waals surface area contributed by atoms with Crippen molar-refractivity contribution in [2.45, 2.75) is 43.7 Å². The van der Waals surface area contributed by atoms with Crippen LogP contribution in [0.5, 0.6) is 11.5 Å². The van der Waals surface area contributed by atoms with Crippen molar-refractivity contribution in [3.05, 3.63) is 48.0 Å². The minimum absolute atomic E-state index is 0.0463. The number of rotatable bonds is 9. The Balaban J connectivity index is 1.18. The van der Waals surface area contributed by atoms with E-state index in [0.29, 0.717) is 24.0 Å². The van der Waals surface area contributed by atoms with E-state index in [1.54, 1.807) is 23.7 Å². The summed E-state index contributed by atoms with van der Waals surface area (Å²) in [6.07, 6.45) is 7.40. The van der Waals surface area contributed by atoms with Crippen molar-refractivity contribution in [2.24, 2.45) is 5.92 Å². The molecule has 2 saturated carbocycles. The summed E-state index contributed by atoms with van der Waals surface area (Å²) >= 11 is 0. The summed E-state index contributed by atoms with van der Waals surface area (Å²) in [5, 5.41) is 5.02. The van der Waals surface area contributed by atoms with Crippen molar-refractivity contribution >= 4 is 22.9 Å². The van der Waals surface area contributed by atoms with E-state index in [9.17, 15) is 13.8 Å². The fraction of sp³-hybridized carbons (Fsp3) is 0.455. The second-order valence-electron chi connectivity index (χ2n) is 8.70. The van der Waals surface area contributed by atoms with Gasteiger partial charge < -0.3 is 10.1 Å². The predicted octanol–water partition coefficient (Wildman–Crippen LogP) is 2.23. The van der Waals surface area contributed by atoms with Gasteiger partial charge in [0.1, 0.15) is 17.1 Å². The molecule has 5 rings (SSSR count). The smallest absolute Gasteiger partial charge is 0.322 e. The molecular weight excluding hydrogens is 430 g/mol. The number of hydrogen-bond acceptors (Lipinski definition) is 6. The average molecular weight is 456 g/mol. The quantitative estimate of drug-likeness (QED) is 0.561. The van der Waals surface area contributed by atoms with Gasteiger partial charge in [0, 0.05) is 19.5 Å². The van der Waals surface area contributed by atoms with Gasteiger partial charge in [-0.25, -0.2) is 23.3 Å². The highest BCUT2D eigenvalue weighted by Crippen LogP contribution is 2.42. The Labute approximate surface area is 188 Å². The lowest BCUT2D eigenvalue weighted by Crippen LogP contribution is -2.54. The van der Waals surface area contributed by atoms with Gasteiger partial charge >= 0.3 is 6.03 Å². The largest absolute Gasteiger partial charge is 0.454 e. The molecule has 2 aliphatic carbocycles. The molecule has 2 heterocycles. The molecule has 3 amide bonds. The van der Waals surface area contributed by atoms with E-state index < -0.39 is 22.6 Å². The third-order valence-corrected chi connectivity index (χ3v) is 7.62. The molecule has 1 aromatic carbocycles. The monoisotopic (exact) mass is 455 g/mol. The van der Waals surface area contributed by atoms with E-state index in [4.69, 9.17) is 4.74 Å². The third-order valence-electron chi connectivity index (χ3n) is 6.10. The molecule has 0 bridgehead atoms. The number of amides is 3. The molecule has 9 nitrogen and oxygen atoms in total. The van der Waals surface area contributed by atoms with Crippen LogP contribution < -0.4 is 15.4 Å². The molecule has 2 aromatic rings. The van der Waals surface area contributed by atoms with Crippen molar-refractivity contribution in [3.63, 3.8) is 0 Å². The van der Waals surface area contributed by atoms with Gasteiger partial charge in [0.05, 0.1) is 29.1 Å². The van der Waals surface area contributed by atoms with Crippen LogP contribution in [0, 0.1) is 5.92 Å². The molecule has 0 radical (unpaired) electrons. The maximum absolute atomic E-state index is 12.9. The number of urea groups is 1. The fourth-order valence-electron chi connectivity index (χ4n) is 3.95. The van der Waals surface area contributed by atoms with Crippen LogP contribution in [0.4, 0.5) is 4.79 Å². The van der Waals surface area contributed by atoms with E-state index in [2.05, 4.69) is 20.6 Å². The number of benzene rings is 1. The molecule has 2 atom stereocenters. The van der Waals surface area contributed by atoms with Gasteiger partial charge in [-0.1, -0.05) is 12.1 Å². The van der Waals surface area contributed by atoms with Crippen LogP contribution >= 0.6 is 0 Å². The Morgan fingerprint density at radius 1 is 1.09 bits per heavy atom. The first-order valence-electron chi connectivity index (χ1n) is 10.7. The summed E-state index contributed by atoms with van der Waals surface area (Å²) in [5.41, 5.74) is -0.112.